The van der Waals surface area contributed by atoms with E-state index in [1.807, 2.05) is 31.4 Å². The molecule has 1 unspecified atom stereocenters. The molecule has 96 valence electrons. The Kier molecular flexibility index (Phi) is 5.40. The van der Waals surface area contributed by atoms with Crippen LogP contribution in [-0.4, -0.2) is 31.9 Å². The van der Waals surface area contributed by atoms with Gasteiger partial charge in [-0.3, -0.25) is 9.00 Å². The normalized spacial score (nSPS) is 12.7. The molecule has 0 N–H and O–H groups in total. The van der Waals surface area contributed by atoms with Crippen LogP contribution in [-0.2, 0) is 17.3 Å². The van der Waals surface area contributed by atoms with Crippen LogP contribution in [0.4, 0.5) is 0 Å². The van der Waals surface area contributed by atoms with Crippen LogP contribution in [0, 0.1) is 13.8 Å². The highest BCUT2D eigenvalue weighted by molar-refractivity contribution is 7.84. The maximum Gasteiger partial charge on any atom is 0.179 e. The molecule has 0 aliphatic rings. The molecular weight excluding hydrogens is 258 g/mol. The third-order valence-electron chi connectivity index (χ3n) is 2.86. The first kappa shape index (κ1) is 14.5. The highest BCUT2D eigenvalue weighted by atomic mass is 35.5. The number of ketones is 1. The van der Waals surface area contributed by atoms with Gasteiger partial charge in [0.1, 0.15) is 0 Å². The molecule has 0 aromatic carbocycles. The van der Waals surface area contributed by atoms with E-state index in [0.29, 0.717) is 23.6 Å². The number of Topliss-reactive ketones (excluding diaryl/α,β-unsaturated/α-hetero) is 1. The topological polar surface area (TPSA) is 39.1 Å². The van der Waals surface area contributed by atoms with Gasteiger partial charge in [-0.05, 0) is 19.9 Å². The molecule has 0 saturated carbocycles. The molecule has 1 aromatic rings. The zero-order valence-corrected chi connectivity index (χ0v) is 12.0. The van der Waals surface area contributed by atoms with Gasteiger partial charge in [0.15, 0.2) is 5.78 Å². The average Bonchev–Trinajstić information content (AvgIpc) is 2.61. The van der Waals surface area contributed by atoms with Gasteiger partial charge in [0.25, 0.3) is 0 Å². The van der Waals surface area contributed by atoms with Crippen LogP contribution in [0.5, 0.6) is 0 Å². The number of rotatable bonds is 6. The molecule has 0 amide bonds. The van der Waals surface area contributed by atoms with Crippen molar-refractivity contribution in [1.29, 1.82) is 0 Å². The summed E-state index contributed by atoms with van der Waals surface area (Å²) in [6, 6.07) is 1.86. The van der Waals surface area contributed by atoms with Gasteiger partial charge in [0.05, 0.1) is 5.88 Å². The lowest BCUT2D eigenvalue weighted by Crippen LogP contribution is -2.12. The summed E-state index contributed by atoms with van der Waals surface area (Å²) >= 11 is 5.56. The first-order chi connectivity index (χ1) is 8.01. The van der Waals surface area contributed by atoms with E-state index < -0.39 is 10.8 Å². The predicted octanol–water partition coefficient (Wildman–Crippen LogP) is 2.30. The van der Waals surface area contributed by atoms with Crippen LogP contribution >= 0.6 is 11.6 Å². The van der Waals surface area contributed by atoms with Crippen molar-refractivity contribution in [3.05, 3.63) is 23.0 Å². The lowest BCUT2D eigenvalue weighted by molar-refractivity contribution is 0.102. The summed E-state index contributed by atoms with van der Waals surface area (Å²) in [4.78, 5) is 11.6. The van der Waals surface area contributed by atoms with Gasteiger partial charge >= 0.3 is 0 Å². The monoisotopic (exact) mass is 275 g/mol. The molecule has 1 atom stereocenters. The van der Waals surface area contributed by atoms with E-state index in [9.17, 15) is 9.00 Å². The van der Waals surface area contributed by atoms with Crippen molar-refractivity contribution in [2.45, 2.75) is 27.3 Å². The summed E-state index contributed by atoms with van der Waals surface area (Å²) in [5.41, 5.74) is 2.62. The van der Waals surface area contributed by atoms with Crippen molar-refractivity contribution in [3.8, 4) is 0 Å². The van der Waals surface area contributed by atoms with Gasteiger partial charge in [0.2, 0.25) is 0 Å². The number of carbonyl (C=O) groups is 1. The Bertz CT molecular complexity index is 440. The van der Waals surface area contributed by atoms with E-state index in [4.69, 9.17) is 11.6 Å². The summed E-state index contributed by atoms with van der Waals surface area (Å²) in [5.74, 6) is 1.25. The lowest BCUT2D eigenvalue weighted by atomic mass is 10.2. The van der Waals surface area contributed by atoms with Gasteiger partial charge in [-0.2, -0.15) is 0 Å². The van der Waals surface area contributed by atoms with Crippen LogP contribution in [0.15, 0.2) is 6.07 Å². The molecule has 1 aromatic heterocycles. The van der Waals surface area contributed by atoms with Gasteiger partial charge in [-0.15, -0.1) is 11.6 Å². The van der Waals surface area contributed by atoms with Crippen molar-refractivity contribution >= 4 is 28.2 Å². The highest BCUT2D eigenvalue weighted by Crippen LogP contribution is 2.16. The highest BCUT2D eigenvalue weighted by Gasteiger charge is 2.14. The zero-order chi connectivity index (χ0) is 13.0. The largest absolute Gasteiger partial charge is 0.348 e. The minimum absolute atomic E-state index is 0.00514. The summed E-state index contributed by atoms with van der Waals surface area (Å²) in [6.45, 7) is 6.45. The number of alkyl halides is 1. The number of aromatic nitrogens is 1. The van der Waals surface area contributed by atoms with Crippen molar-refractivity contribution in [3.63, 3.8) is 0 Å². The fourth-order valence-electron chi connectivity index (χ4n) is 1.84. The standard InChI is InChI=1S/C12H18ClNO2S/c1-4-17(16)6-5-14-9(2)7-11(10(14)3)12(15)8-13/h7H,4-6,8H2,1-3H3. The van der Waals surface area contributed by atoms with Gasteiger partial charge in [0, 0.05) is 45.8 Å². The molecule has 0 aliphatic heterocycles. The molecule has 17 heavy (non-hydrogen) atoms. The SMILES string of the molecule is CCS(=O)CCn1c(C)cc(C(=O)CCl)c1C. The summed E-state index contributed by atoms with van der Waals surface area (Å²) in [7, 11) is -0.779. The van der Waals surface area contributed by atoms with Gasteiger partial charge < -0.3 is 4.57 Å². The predicted molar refractivity (Wildman–Crippen MR) is 72.5 cm³/mol. The summed E-state index contributed by atoms with van der Waals surface area (Å²) in [5, 5.41) is 0. The Hall–Kier alpha value is -0.610. The number of carbonyl (C=O) groups excluding carboxylic acids is 1. The molecule has 1 heterocycles. The van der Waals surface area contributed by atoms with Gasteiger partial charge in [-0.1, -0.05) is 6.92 Å². The maximum absolute atomic E-state index is 11.6. The summed E-state index contributed by atoms with van der Waals surface area (Å²) in [6.07, 6.45) is 0. The van der Waals surface area contributed by atoms with E-state index in [2.05, 4.69) is 0 Å². The second kappa shape index (κ2) is 6.36. The van der Waals surface area contributed by atoms with Crippen LogP contribution < -0.4 is 0 Å². The Morgan fingerprint density at radius 2 is 2.12 bits per heavy atom. The first-order valence-electron chi connectivity index (χ1n) is 5.62. The first-order valence-corrected chi connectivity index (χ1v) is 7.64. The van der Waals surface area contributed by atoms with Crippen molar-refractivity contribution < 1.29 is 9.00 Å². The van der Waals surface area contributed by atoms with Gasteiger partial charge in [-0.25, -0.2) is 0 Å². The number of hydrogen-bond donors (Lipinski definition) is 0. The number of hydrogen-bond acceptors (Lipinski definition) is 2. The van der Waals surface area contributed by atoms with Crippen LogP contribution in [0.2, 0.25) is 0 Å². The molecule has 0 spiro atoms. The quantitative estimate of drug-likeness (QED) is 0.590. The van der Waals surface area contributed by atoms with E-state index in [1.165, 1.54) is 0 Å². The molecule has 1 rings (SSSR count). The maximum atomic E-state index is 11.6. The minimum Gasteiger partial charge on any atom is -0.348 e. The van der Waals surface area contributed by atoms with E-state index in [-0.39, 0.29) is 11.7 Å². The number of aryl methyl sites for hydroxylation is 1. The smallest absolute Gasteiger partial charge is 0.179 e. The van der Waals surface area contributed by atoms with Crippen molar-refractivity contribution in [2.24, 2.45) is 0 Å². The van der Waals surface area contributed by atoms with Crippen LogP contribution in [0.25, 0.3) is 0 Å². The minimum atomic E-state index is -0.779. The molecule has 3 nitrogen and oxygen atoms in total. The Morgan fingerprint density at radius 1 is 1.47 bits per heavy atom. The molecule has 5 heteroatoms. The molecule has 0 fully saturated rings. The van der Waals surface area contributed by atoms with E-state index >= 15 is 0 Å². The zero-order valence-electron chi connectivity index (χ0n) is 10.5. The fraction of sp³-hybridized carbons (Fsp3) is 0.583. The fourth-order valence-corrected chi connectivity index (χ4v) is 2.66. The summed E-state index contributed by atoms with van der Waals surface area (Å²) < 4.78 is 13.4. The molecule has 0 saturated heterocycles. The van der Waals surface area contributed by atoms with Crippen LogP contribution in [0.1, 0.15) is 28.7 Å². The Labute approximate surface area is 110 Å². The second-order valence-corrected chi connectivity index (χ2v) is 6.06. The van der Waals surface area contributed by atoms with Crippen molar-refractivity contribution in [1.82, 2.24) is 4.57 Å². The Balaban J connectivity index is 2.90. The molecule has 0 radical (unpaired) electrons. The Morgan fingerprint density at radius 3 is 2.65 bits per heavy atom. The number of halogens is 1. The van der Waals surface area contributed by atoms with E-state index in [0.717, 1.165) is 11.4 Å². The van der Waals surface area contributed by atoms with Crippen LogP contribution in [0.3, 0.4) is 0 Å². The molecule has 0 bridgehead atoms. The van der Waals surface area contributed by atoms with Crippen molar-refractivity contribution in [2.75, 3.05) is 17.4 Å². The third kappa shape index (κ3) is 3.42. The molecular formula is C12H18ClNO2S. The average molecular weight is 276 g/mol. The number of nitrogens with zero attached hydrogens (tertiary/aromatic N) is 1. The lowest BCUT2D eigenvalue weighted by Gasteiger charge is -2.08. The second-order valence-electron chi connectivity index (χ2n) is 3.93. The third-order valence-corrected chi connectivity index (χ3v) is 4.38. The molecule has 0 aliphatic carbocycles. The van der Waals surface area contributed by atoms with E-state index in [1.54, 1.807) is 0 Å².